The number of esters is 5. The second-order valence-electron chi connectivity index (χ2n) is 23.9. The molecule has 3 aromatic rings. The Bertz CT molecular complexity index is 3000. The number of allylic oxidation sites excluding steroid dienone is 3. The fourth-order valence-corrected chi connectivity index (χ4v) is 12.5. The van der Waals surface area contributed by atoms with Crippen LogP contribution in [0.4, 0.5) is 0 Å². The van der Waals surface area contributed by atoms with E-state index in [1.165, 1.54) is 25.5 Å². The molecule has 3 N–H and O–H groups in total. The number of carbonyl (C=O) groups is 8. The molecular weight excluding hydrogens is 1060 g/mol. The number of hydrogen-bond donors (Lipinski definition) is 3. The van der Waals surface area contributed by atoms with E-state index >= 15 is 4.79 Å². The summed E-state index contributed by atoms with van der Waals surface area (Å²) in [5, 5.41) is 28.7. The van der Waals surface area contributed by atoms with Crippen molar-refractivity contribution in [3.05, 3.63) is 137 Å². The fourth-order valence-electron chi connectivity index (χ4n) is 12.5. The van der Waals surface area contributed by atoms with Crippen molar-refractivity contribution in [1.82, 2.24) is 5.32 Å². The van der Waals surface area contributed by atoms with Crippen LogP contribution in [0.1, 0.15) is 148 Å². The van der Waals surface area contributed by atoms with E-state index < -0.39 is 124 Å². The zero-order chi connectivity index (χ0) is 60.1. The molecule has 83 heavy (non-hydrogen) atoms. The molecule has 0 aliphatic heterocycles. The van der Waals surface area contributed by atoms with Gasteiger partial charge < -0.3 is 44.0 Å². The van der Waals surface area contributed by atoms with Crippen LogP contribution in [0.25, 0.3) is 0 Å². The van der Waals surface area contributed by atoms with Gasteiger partial charge in [-0.05, 0) is 113 Å². The second kappa shape index (κ2) is 26.1. The van der Waals surface area contributed by atoms with Crippen molar-refractivity contribution < 1.29 is 77.0 Å². The number of hydrogen-bond acceptors (Lipinski definition) is 16. The summed E-state index contributed by atoms with van der Waals surface area (Å²) in [4.78, 5) is 108. The maximum Gasteiger partial charge on any atom is 0.350 e. The number of rotatable bonds is 17. The number of aryl methyl sites for hydroxylation is 2. The van der Waals surface area contributed by atoms with Crippen LogP contribution in [0, 0.1) is 47.8 Å². The van der Waals surface area contributed by atoms with E-state index in [1.807, 2.05) is 20.8 Å². The predicted octanol–water partition coefficient (Wildman–Crippen LogP) is 9.46. The highest BCUT2D eigenvalue weighted by molar-refractivity contribution is 5.96. The van der Waals surface area contributed by atoms with Gasteiger partial charge in [0.15, 0.2) is 11.9 Å². The Balaban J connectivity index is 0.000000498. The van der Waals surface area contributed by atoms with Gasteiger partial charge >= 0.3 is 29.8 Å². The molecule has 17 heteroatoms. The van der Waals surface area contributed by atoms with Crippen molar-refractivity contribution in [3.8, 4) is 5.75 Å². The third-order valence-corrected chi connectivity index (χ3v) is 17.7. The lowest BCUT2D eigenvalue weighted by molar-refractivity contribution is -0.300. The molecule has 2 bridgehead atoms. The molecule has 3 aromatic carbocycles. The van der Waals surface area contributed by atoms with Gasteiger partial charge in [-0.3, -0.25) is 33.6 Å². The van der Waals surface area contributed by atoms with Crippen LogP contribution in [-0.4, -0.2) is 106 Å². The molecule has 8 rings (SSSR count). The number of benzene rings is 3. The minimum absolute atomic E-state index is 0. The summed E-state index contributed by atoms with van der Waals surface area (Å²) < 4.78 is 36.1. The number of aliphatic hydroxyl groups excluding tert-OH is 1. The van der Waals surface area contributed by atoms with Gasteiger partial charge in [-0.2, -0.15) is 0 Å². The number of carbonyl (C=O) groups excluding carboxylic acids is 8. The first-order valence-electron chi connectivity index (χ1n) is 28.1. The number of aliphatic hydroxyl groups is 2. The number of amides is 1. The van der Waals surface area contributed by atoms with Crippen LogP contribution in [-0.2, 0) is 57.2 Å². The van der Waals surface area contributed by atoms with Gasteiger partial charge in [-0.15, -0.1) is 0 Å². The molecule has 5 aliphatic rings. The topological polar surface area (TPSA) is 244 Å². The van der Waals surface area contributed by atoms with Crippen molar-refractivity contribution in [2.75, 3.05) is 6.61 Å². The summed E-state index contributed by atoms with van der Waals surface area (Å²) in [6, 6.07) is 21.4. The average Bonchev–Trinajstić information content (AvgIpc) is 2.73. The lowest BCUT2D eigenvalue weighted by atomic mass is 9.41. The summed E-state index contributed by atoms with van der Waals surface area (Å²) >= 11 is 0. The van der Waals surface area contributed by atoms with Crippen molar-refractivity contribution in [3.63, 3.8) is 0 Å². The highest BCUT2D eigenvalue weighted by atomic mass is 16.6. The van der Waals surface area contributed by atoms with Gasteiger partial charge in [0.05, 0.1) is 30.0 Å². The Morgan fingerprint density at radius 2 is 1.49 bits per heavy atom. The van der Waals surface area contributed by atoms with E-state index in [0.717, 1.165) is 38.0 Å². The first kappa shape index (κ1) is 64.9. The quantitative estimate of drug-likeness (QED) is 0.0493. The third-order valence-electron chi connectivity index (χ3n) is 17.7. The number of Topliss-reactive ketones (excluding diaryl/α,β-unsaturated/α-hetero) is 2. The predicted molar refractivity (Wildman–Crippen MR) is 308 cm³/mol. The largest absolute Gasteiger partial charge is 0.493 e. The van der Waals surface area contributed by atoms with Crippen LogP contribution in [0.2, 0.25) is 0 Å². The molecule has 0 heterocycles. The Morgan fingerprint density at radius 3 is 2.07 bits per heavy atom. The van der Waals surface area contributed by atoms with E-state index in [-0.39, 0.29) is 49.0 Å². The molecule has 3 fully saturated rings. The van der Waals surface area contributed by atoms with E-state index in [2.05, 4.69) is 30.4 Å². The Labute approximate surface area is 487 Å². The lowest BCUT2D eigenvalue weighted by Gasteiger charge is -2.68. The molecule has 0 radical (unpaired) electrons. The van der Waals surface area contributed by atoms with Gasteiger partial charge in [0.25, 0.3) is 5.91 Å². The smallest absolute Gasteiger partial charge is 0.350 e. The molecule has 3 unspecified atom stereocenters. The van der Waals surface area contributed by atoms with Crippen LogP contribution in [0.15, 0.2) is 115 Å². The van der Waals surface area contributed by atoms with Crippen molar-refractivity contribution >= 4 is 47.3 Å². The minimum atomic E-state index is -2.33. The number of nitrogens with one attached hydrogen (secondary N) is 1. The van der Waals surface area contributed by atoms with Gasteiger partial charge in [-0.25, -0.2) is 4.79 Å². The monoisotopic (exact) mass is 1150 g/mol. The SMILES string of the molecule is C.CC(=O)C(C)(C)CCCOc1cc(C)ccc1C.CC(=O)O[C@H]1C(=O)[C@]2(C)C(O)C[C@H]3CC[C@@]3(OC(C)=O)[C@H]2[C@H](OC(=O)C2C=CC=CC2)[C@]2(O)CC(OC(=O)[C@H](OC(C)=O)[C@@H](NC(=O)c3ccccc3)c3ccccc3)C=C1C2(C)C. The summed E-state index contributed by atoms with van der Waals surface area (Å²) in [5.41, 5.74) is -4.73. The summed E-state index contributed by atoms with van der Waals surface area (Å²) in [6.07, 6.45) is 2.15. The number of fused-ring (bicyclic) bond motifs is 5. The van der Waals surface area contributed by atoms with E-state index in [4.69, 9.17) is 28.4 Å². The van der Waals surface area contributed by atoms with E-state index in [9.17, 15) is 43.8 Å². The lowest BCUT2D eigenvalue weighted by Crippen LogP contribution is -2.78. The molecule has 0 aromatic heterocycles. The Kier molecular flexibility index (Phi) is 20.4. The molecule has 3 saturated carbocycles. The summed E-state index contributed by atoms with van der Waals surface area (Å²) in [6.45, 7) is 18.4. The maximum absolute atomic E-state index is 15.5. The first-order chi connectivity index (χ1) is 38.6. The first-order valence-corrected chi connectivity index (χ1v) is 28.1. The molecular formula is C66H83NO16. The van der Waals surface area contributed by atoms with Crippen LogP contribution in [0.3, 0.4) is 0 Å². The number of ether oxygens (including phenoxy) is 6. The Morgan fingerprint density at radius 1 is 0.831 bits per heavy atom. The van der Waals surface area contributed by atoms with Gasteiger partial charge in [-0.1, -0.05) is 120 Å². The minimum Gasteiger partial charge on any atom is -0.493 e. The van der Waals surface area contributed by atoms with Crippen LogP contribution in [0.5, 0.6) is 5.75 Å². The highest BCUT2D eigenvalue weighted by Gasteiger charge is 2.77. The normalized spacial score (nSPS) is 28.0. The standard InChI is InChI=1S/C49H55NO14.C16H24O2.CH4/c1-27(51)60-38-35-25-34(62-45(58)39(61-28(2)52)37(30-16-10-7-11-17-30)50-43(56)31-18-12-8-13-19-31)26-49(59,46(35,4)5)42(63-44(57)32-20-14-9-15-21-32)40-47(6,41(38)55)36(54)24-33-22-23-48(33,40)64-29(3)53;1-12-7-8-13(2)15(11-12)18-10-6-9-16(4,5)14(3)17;/h7-20,25,32-34,36-40,42,54,59H,21-24,26H2,1-6H3,(H,50,56);7-8,11H,6,9-10H2,1-5H3;1H4/t32?,33-,34?,36?,37+,38-,39-,40+,42+,47-,48+,49-;;/m1../s1. The van der Waals surface area contributed by atoms with E-state index in [0.29, 0.717) is 18.6 Å². The molecule has 17 nitrogen and oxygen atoms in total. The van der Waals surface area contributed by atoms with Gasteiger partial charge in [0.2, 0.25) is 6.10 Å². The van der Waals surface area contributed by atoms with Crippen molar-refractivity contribution in [2.24, 2.45) is 34.0 Å². The summed E-state index contributed by atoms with van der Waals surface area (Å²) in [5.74, 6) is -7.36. The molecule has 12 atom stereocenters. The zero-order valence-corrected chi connectivity index (χ0v) is 48.9. The van der Waals surface area contributed by atoms with E-state index in [1.54, 1.807) is 106 Å². The van der Waals surface area contributed by atoms with Crippen molar-refractivity contribution in [1.29, 1.82) is 0 Å². The van der Waals surface area contributed by atoms with Gasteiger partial charge in [0, 0.05) is 49.5 Å². The molecule has 0 spiro atoms. The third kappa shape index (κ3) is 13.6. The molecule has 5 aliphatic carbocycles. The van der Waals surface area contributed by atoms with Gasteiger partial charge in [0.1, 0.15) is 41.0 Å². The fraction of sp³-hybridized carbons (Fsp3) is 0.515. The van der Waals surface area contributed by atoms with Crippen LogP contribution < -0.4 is 10.1 Å². The highest BCUT2D eigenvalue weighted by Crippen LogP contribution is 2.67. The second-order valence-corrected chi connectivity index (χ2v) is 23.9. The molecule has 0 saturated heterocycles. The molecule has 1 amide bonds. The zero-order valence-electron chi connectivity index (χ0n) is 48.9. The number of ketones is 2. The van der Waals surface area contributed by atoms with Crippen molar-refractivity contribution in [2.45, 2.75) is 176 Å². The van der Waals surface area contributed by atoms with Crippen LogP contribution >= 0.6 is 0 Å². The maximum atomic E-state index is 15.5. The Hall–Kier alpha value is -7.24. The summed E-state index contributed by atoms with van der Waals surface area (Å²) in [7, 11) is 0. The molecule has 448 valence electrons. The average molecular weight is 1150 g/mol.